The van der Waals surface area contributed by atoms with Gasteiger partial charge in [-0.2, -0.15) is 11.8 Å². The fourth-order valence-electron chi connectivity index (χ4n) is 3.55. The van der Waals surface area contributed by atoms with E-state index in [9.17, 15) is 29.4 Å². The lowest BCUT2D eigenvalue weighted by atomic mass is 10.1. The van der Waals surface area contributed by atoms with Gasteiger partial charge in [0.05, 0.1) is 12.1 Å². The Morgan fingerprint density at radius 1 is 1.18 bits per heavy atom. The number of aliphatic imine (C=N–C) groups is 1. The molecular weight excluding hydrogens is 466 g/mol. The van der Waals surface area contributed by atoms with E-state index in [1.165, 1.54) is 23.6 Å². The molecule has 0 aliphatic carbocycles. The molecule has 0 saturated carbocycles. The van der Waals surface area contributed by atoms with E-state index in [1.807, 2.05) is 6.26 Å². The van der Waals surface area contributed by atoms with E-state index in [0.717, 1.165) is 0 Å². The largest absolute Gasteiger partial charge is 0.480 e. The molecule has 1 aliphatic heterocycles. The zero-order valence-electron chi connectivity index (χ0n) is 19.6. The molecule has 194 valence electrons. The van der Waals surface area contributed by atoms with Crippen LogP contribution in [0.3, 0.4) is 0 Å². The third-order valence-electron chi connectivity index (χ3n) is 5.41. The number of nitrogens with two attached hydrogens (primary N) is 3. The minimum atomic E-state index is -1.35. The van der Waals surface area contributed by atoms with Crippen LogP contribution in [0.15, 0.2) is 4.99 Å². The Hall–Kier alpha value is -2.58. The van der Waals surface area contributed by atoms with Crippen LogP contribution in [0.5, 0.6) is 0 Å². The molecule has 5 atom stereocenters. The lowest BCUT2D eigenvalue weighted by Crippen LogP contribution is -2.59. The Bertz CT molecular complexity index is 747. The number of amides is 3. The summed E-state index contributed by atoms with van der Waals surface area (Å²) in [5.74, 6) is -2.54. The van der Waals surface area contributed by atoms with Crippen molar-refractivity contribution in [1.82, 2.24) is 15.5 Å². The topological polar surface area (TPSA) is 226 Å². The molecule has 1 aliphatic rings. The maximum absolute atomic E-state index is 13.2. The van der Waals surface area contributed by atoms with Crippen molar-refractivity contribution in [2.75, 3.05) is 25.1 Å². The zero-order valence-corrected chi connectivity index (χ0v) is 20.4. The van der Waals surface area contributed by atoms with Gasteiger partial charge in [0.25, 0.3) is 0 Å². The van der Waals surface area contributed by atoms with Crippen LogP contribution in [-0.4, -0.2) is 100 Å². The van der Waals surface area contributed by atoms with Crippen molar-refractivity contribution in [2.24, 2.45) is 22.2 Å². The molecule has 3 amide bonds. The predicted octanol–water partition coefficient (Wildman–Crippen LogP) is -2.45. The number of nitrogens with one attached hydrogen (secondary N) is 2. The van der Waals surface area contributed by atoms with Gasteiger partial charge in [-0.25, -0.2) is 4.79 Å². The van der Waals surface area contributed by atoms with Crippen molar-refractivity contribution in [3.63, 3.8) is 0 Å². The van der Waals surface area contributed by atoms with E-state index in [1.54, 1.807) is 0 Å². The number of aliphatic carboxylic acids is 1. The molecule has 1 saturated heterocycles. The molecule has 1 heterocycles. The molecule has 34 heavy (non-hydrogen) atoms. The maximum atomic E-state index is 13.2. The third kappa shape index (κ3) is 9.35. The Labute approximate surface area is 203 Å². The number of aliphatic hydroxyl groups is 1. The van der Waals surface area contributed by atoms with Crippen LogP contribution < -0.4 is 27.8 Å². The summed E-state index contributed by atoms with van der Waals surface area (Å²) < 4.78 is 0. The summed E-state index contributed by atoms with van der Waals surface area (Å²) in [5.41, 5.74) is 16.5. The van der Waals surface area contributed by atoms with Crippen molar-refractivity contribution >= 4 is 41.4 Å². The highest BCUT2D eigenvalue weighted by atomic mass is 32.2. The van der Waals surface area contributed by atoms with Gasteiger partial charge in [0, 0.05) is 13.1 Å². The summed E-state index contributed by atoms with van der Waals surface area (Å²) in [5, 5.41) is 24.5. The molecule has 1 rings (SSSR count). The third-order valence-corrected chi connectivity index (χ3v) is 6.06. The van der Waals surface area contributed by atoms with Crippen molar-refractivity contribution in [1.29, 1.82) is 0 Å². The number of likely N-dealkylation sites (tertiary alicyclic amines) is 1. The Morgan fingerprint density at radius 2 is 1.85 bits per heavy atom. The summed E-state index contributed by atoms with van der Waals surface area (Å²) in [6.07, 6.45) is 2.28. The second-order valence-electron chi connectivity index (χ2n) is 8.15. The predicted molar refractivity (Wildman–Crippen MR) is 129 cm³/mol. The van der Waals surface area contributed by atoms with Gasteiger partial charge in [0.2, 0.25) is 17.7 Å². The second-order valence-corrected chi connectivity index (χ2v) is 9.14. The number of thioether (sulfide) groups is 1. The average molecular weight is 504 g/mol. The van der Waals surface area contributed by atoms with E-state index in [4.69, 9.17) is 17.2 Å². The second kappa shape index (κ2) is 14.6. The highest BCUT2D eigenvalue weighted by molar-refractivity contribution is 7.98. The SMILES string of the molecule is CSCCC(N)C(=O)NC(C(=O)NC(CCCN=C(N)N)C(=O)N1CCCC1C(=O)O)C(C)O. The number of nitrogens with zero attached hydrogens (tertiary/aromatic N) is 2. The molecule has 1 fully saturated rings. The molecule has 0 spiro atoms. The molecule has 14 heteroatoms. The smallest absolute Gasteiger partial charge is 0.326 e. The number of carbonyl (C=O) groups excluding carboxylic acids is 3. The van der Waals surface area contributed by atoms with Crippen LogP contribution in [-0.2, 0) is 19.2 Å². The lowest BCUT2D eigenvalue weighted by Gasteiger charge is -2.29. The maximum Gasteiger partial charge on any atom is 0.326 e. The van der Waals surface area contributed by atoms with E-state index in [2.05, 4.69) is 15.6 Å². The lowest BCUT2D eigenvalue weighted by molar-refractivity contribution is -0.149. The number of carbonyl (C=O) groups is 4. The van der Waals surface area contributed by atoms with Crippen LogP contribution in [0.4, 0.5) is 0 Å². The van der Waals surface area contributed by atoms with Gasteiger partial charge in [0.1, 0.15) is 18.1 Å². The van der Waals surface area contributed by atoms with Gasteiger partial charge < -0.3 is 42.9 Å². The fraction of sp³-hybridized carbons (Fsp3) is 0.750. The van der Waals surface area contributed by atoms with Gasteiger partial charge in [-0.3, -0.25) is 19.4 Å². The summed E-state index contributed by atoms with van der Waals surface area (Å²) in [6, 6.07) is -4.29. The van der Waals surface area contributed by atoms with Gasteiger partial charge in [-0.15, -0.1) is 0 Å². The first kappa shape index (κ1) is 29.5. The number of guanidine groups is 1. The van der Waals surface area contributed by atoms with Gasteiger partial charge >= 0.3 is 5.97 Å². The van der Waals surface area contributed by atoms with Gasteiger partial charge in [-0.1, -0.05) is 0 Å². The van der Waals surface area contributed by atoms with Crippen LogP contribution in [0.25, 0.3) is 0 Å². The molecule has 0 aromatic rings. The van der Waals surface area contributed by atoms with Gasteiger partial charge in [-0.05, 0) is 51.0 Å². The molecule has 0 aromatic carbocycles. The molecule has 13 nitrogen and oxygen atoms in total. The number of aliphatic hydroxyl groups excluding tert-OH is 1. The molecule has 10 N–H and O–H groups in total. The molecule has 5 unspecified atom stereocenters. The standard InChI is InChI=1S/C20H37N7O6S/c1-11(28)15(26-16(29)12(21)7-10-34-2)17(30)25-13(5-3-8-24-20(22)23)18(31)27-9-4-6-14(27)19(32)33/h11-15,28H,3-10,21H2,1-2H3,(H,25,30)(H,26,29)(H,32,33)(H4,22,23,24). The van der Waals surface area contributed by atoms with E-state index in [0.29, 0.717) is 31.4 Å². The Morgan fingerprint density at radius 3 is 2.41 bits per heavy atom. The highest BCUT2D eigenvalue weighted by Gasteiger charge is 2.38. The number of carboxylic acid groups (broad SMARTS) is 1. The first-order valence-electron chi connectivity index (χ1n) is 11.1. The van der Waals surface area contributed by atoms with Gasteiger partial charge in [0.15, 0.2) is 5.96 Å². The fourth-order valence-corrected chi connectivity index (χ4v) is 4.04. The van der Waals surface area contributed by atoms with Crippen molar-refractivity contribution < 1.29 is 29.4 Å². The van der Waals surface area contributed by atoms with Crippen molar-refractivity contribution in [3.8, 4) is 0 Å². The first-order valence-corrected chi connectivity index (χ1v) is 12.5. The molecule has 0 bridgehead atoms. The molecule has 0 aromatic heterocycles. The molecular formula is C20H37N7O6S. The first-order chi connectivity index (χ1) is 16.0. The minimum absolute atomic E-state index is 0.118. The average Bonchev–Trinajstić information content (AvgIpc) is 3.26. The summed E-state index contributed by atoms with van der Waals surface area (Å²) in [4.78, 5) is 55.1. The summed E-state index contributed by atoms with van der Waals surface area (Å²) in [6.45, 7) is 1.77. The Balaban J connectivity index is 2.97. The minimum Gasteiger partial charge on any atom is -0.480 e. The zero-order chi connectivity index (χ0) is 25.8. The van der Waals surface area contributed by atoms with Crippen LogP contribution in [0.1, 0.15) is 39.0 Å². The monoisotopic (exact) mass is 503 g/mol. The summed E-state index contributed by atoms with van der Waals surface area (Å²) in [7, 11) is 0. The van der Waals surface area contributed by atoms with E-state index in [-0.39, 0.29) is 25.5 Å². The van der Waals surface area contributed by atoms with Crippen molar-refractivity contribution in [2.45, 2.75) is 69.3 Å². The molecule has 0 radical (unpaired) electrons. The number of hydrogen-bond acceptors (Lipinski definition) is 8. The Kier molecular flexibility index (Phi) is 12.7. The van der Waals surface area contributed by atoms with Crippen molar-refractivity contribution in [3.05, 3.63) is 0 Å². The van der Waals surface area contributed by atoms with E-state index < -0.39 is 54.0 Å². The van der Waals surface area contributed by atoms with Crippen LogP contribution >= 0.6 is 11.8 Å². The summed E-state index contributed by atoms with van der Waals surface area (Å²) >= 11 is 1.52. The number of hydrogen-bond donors (Lipinski definition) is 7. The number of carboxylic acids is 1. The van der Waals surface area contributed by atoms with E-state index >= 15 is 0 Å². The highest BCUT2D eigenvalue weighted by Crippen LogP contribution is 2.20. The normalized spacial score (nSPS) is 18.9. The number of rotatable bonds is 14. The van der Waals surface area contributed by atoms with Crippen LogP contribution in [0.2, 0.25) is 0 Å². The quantitative estimate of drug-likeness (QED) is 0.0751. The van der Waals surface area contributed by atoms with Crippen LogP contribution in [0, 0.1) is 0 Å².